The topological polar surface area (TPSA) is 70.3 Å². The van der Waals surface area contributed by atoms with Gasteiger partial charge in [0.1, 0.15) is 5.76 Å². The fraction of sp³-hybridized carbons (Fsp3) is 0.500. The van der Waals surface area contributed by atoms with Crippen molar-refractivity contribution in [3.8, 4) is 6.07 Å². The Morgan fingerprint density at radius 3 is 3.08 bits per heavy atom. The van der Waals surface area contributed by atoms with E-state index in [0.717, 1.165) is 0 Å². The van der Waals surface area contributed by atoms with Crippen LogP contribution in [0.5, 0.6) is 0 Å². The highest BCUT2D eigenvalue weighted by Crippen LogP contribution is 2.29. The predicted molar refractivity (Wildman–Crippen MR) is 40.1 cm³/mol. The van der Waals surface area contributed by atoms with Crippen molar-refractivity contribution in [2.75, 3.05) is 0 Å². The molecule has 0 saturated carbocycles. The number of hydrogen-bond acceptors (Lipinski definition) is 3. The summed E-state index contributed by atoms with van der Waals surface area (Å²) in [6.45, 7) is 1.50. The molecule has 1 aliphatic rings. The molecule has 0 saturated heterocycles. The molecule has 4 heteroatoms. The van der Waals surface area contributed by atoms with Gasteiger partial charge in [0, 0.05) is 6.42 Å². The van der Waals surface area contributed by atoms with Gasteiger partial charge in [0.05, 0.1) is 12.5 Å². The third-order valence-electron chi connectivity index (χ3n) is 1.78. The molecule has 0 aromatic carbocycles. The summed E-state index contributed by atoms with van der Waals surface area (Å²) in [5.41, 5.74) is -1.16. The van der Waals surface area contributed by atoms with Crippen LogP contribution in [0.25, 0.3) is 0 Å². The van der Waals surface area contributed by atoms with Gasteiger partial charge in [-0.1, -0.05) is 0 Å². The Bertz CT molecular complexity index is 277. The molecule has 0 fully saturated rings. The highest BCUT2D eigenvalue weighted by molar-refractivity contribution is 5.78. The zero-order valence-electron chi connectivity index (χ0n) is 6.70. The van der Waals surface area contributed by atoms with E-state index in [1.165, 1.54) is 6.92 Å². The average molecular weight is 167 g/mol. The van der Waals surface area contributed by atoms with Gasteiger partial charge in [0.15, 0.2) is 0 Å². The number of carbonyl (C=O) groups is 1. The van der Waals surface area contributed by atoms with Gasteiger partial charge in [0.2, 0.25) is 5.60 Å². The van der Waals surface area contributed by atoms with Crippen LogP contribution in [0.1, 0.15) is 19.8 Å². The summed E-state index contributed by atoms with van der Waals surface area (Å²) in [4.78, 5) is 10.6. The van der Waals surface area contributed by atoms with Crippen molar-refractivity contribution in [3.05, 3.63) is 11.8 Å². The molecule has 12 heavy (non-hydrogen) atoms. The minimum atomic E-state index is -1.16. The zero-order valence-corrected chi connectivity index (χ0v) is 6.70. The van der Waals surface area contributed by atoms with Crippen LogP contribution >= 0.6 is 0 Å². The zero-order chi connectivity index (χ0) is 9.19. The van der Waals surface area contributed by atoms with Crippen molar-refractivity contribution in [3.63, 3.8) is 0 Å². The number of carboxylic acid groups (broad SMARTS) is 1. The first kappa shape index (κ1) is 8.60. The molecular formula is C8H9NO3. The molecular weight excluding hydrogens is 158 g/mol. The van der Waals surface area contributed by atoms with Gasteiger partial charge in [-0.2, -0.15) is 5.26 Å². The lowest BCUT2D eigenvalue weighted by atomic mass is 10.1. The molecule has 0 amide bonds. The normalized spacial score (nSPS) is 27.2. The van der Waals surface area contributed by atoms with E-state index in [9.17, 15) is 4.79 Å². The van der Waals surface area contributed by atoms with E-state index in [2.05, 4.69) is 0 Å². The number of rotatable bonds is 2. The van der Waals surface area contributed by atoms with Crippen molar-refractivity contribution in [1.82, 2.24) is 0 Å². The van der Waals surface area contributed by atoms with E-state index in [1.807, 2.05) is 6.07 Å². The lowest BCUT2D eigenvalue weighted by molar-refractivity contribution is -0.156. The Morgan fingerprint density at radius 2 is 2.67 bits per heavy atom. The molecule has 0 aromatic heterocycles. The Labute approximate surface area is 70.1 Å². The highest BCUT2D eigenvalue weighted by Gasteiger charge is 2.38. The third kappa shape index (κ3) is 1.40. The summed E-state index contributed by atoms with van der Waals surface area (Å²) in [6.07, 6.45) is 2.12. The first-order valence-corrected chi connectivity index (χ1v) is 3.57. The molecule has 0 bridgehead atoms. The maximum atomic E-state index is 10.6. The number of allylic oxidation sites excluding steroid dienone is 1. The second-order valence-electron chi connectivity index (χ2n) is 2.85. The molecule has 1 unspecified atom stereocenters. The Kier molecular flexibility index (Phi) is 2.05. The van der Waals surface area contributed by atoms with Crippen LogP contribution in [0.4, 0.5) is 0 Å². The molecule has 0 aromatic rings. The SMILES string of the molecule is CC1(C(=O)O)CC=C(CC#N)O1. The lowest BCUT2D eigenvalue weighted by Crippen LogP contribution is -2.34. The summed E-state index contributed by atoms with van der Waals surface area (Å²) in [7, 11) is 0. The number of carboxylic acids is 1. The molecule has 4 nitrogen and oxygen atoms in total. The first-order valence-electron chi connectivity index (χ1n) is 3.57. The largest absolute Gasteiger partial charge is 0.479 e. The second kappa shape index (κ2) is 2.86. The monoisotopic (exact) mass is 167 g/mol. The quantitative estimate of drug-likeness (QED) is 0.667. The summed E-state index contributed by atoms with van der Waals surface area (Å²) in [6, 6.07) is 1.90. The second-order valence-corrected chi connectivity index (χ2v) is 2.85. The van der Waals surface area contributed by atoms with E-state index in [0.29, 0.717) is 12.2 Å². The van der Waals surface area contributed by atoms with Crippen LogP contribution in [0.2, 0.25) is 0 Å². The van der Waals surface area contributed by atoms with Crippen LogP contribution in [0, 0.1) is 11.3 Å². The first-order chi connectivity index (χ1) is 5.58. The van der Waals surface area contributed by atoms with Gasteiger partial charge < -0.3 is 9.84 Å². The highest BCUT2D eigenvalue weighted by atomic mass is 16.5. The summed E-state index contributed by atoms with van der Waals surface area (Å²) < 4.78 is 5.09. The minimum Gasteiger partial charge on any atom is -0.479 e. The molecule has 0 radical (unpaired) electrons. The van der Waals surface area contributed by atoms with Gasteiger partial charge in [-0.15, -0.1) is 0 Å². The van der Waals surface area contributed by atoms with E-state index in [1.54, 1.807) is 6.08 Å². The van der Waals surface area contributed by atoms with Crippen LogP contribution < -0.4 is 0 Å². The number of nitrogens with zero attached hydrogens (tertiary/aromatic N) is 1. The van der Waals surface area contributed by atoms with E-state index in [-0.39, 0.29) is 6.42 Å². The van der Waals surface area contributed by atoms with Crippen molar-refractivity contribution in [1.29, 1.82) is 5.26 Å². The fourth-order valence-corrected chi connectivity index (χ4v) is 0.998. The smallest absolute Gasteiger partial charge is 0.348 e. The van der Waals surface area contributed by atoms with Crippen LogP contribution in [-0.2, 0) is 9.53 Å². The molecule has 1 rings (SSSR count). The maximum Gasteiger partial charge on any atom is 0.348 e. The molecule has 1 N–H and O–H groups in total. The van der Waals surface area contributed by atoms with Crippen LogP contribution in [0.15, 0.2) is 11.8 Å². The molecule has 1 heterocycles. The number of aliphatic carboxylic acids is 1. The fourth-order valence-electron chi connectivity index (χ4n) is 0.998. The third-order valence-corrected chi connectivity index (χ3v) is 1.78. The number of hydrogen-bond donors (Lipinski definition) is 1. The Balaban J connectivity index is 2.63. The average Bonchev–Trinajstić information content (AvgIpc) is 2.34. The van der Waals surface area contributed by atoms with E-state index < -0.39 is 11.6 Å². The standard InChI is InChI=1S/C8H9NO3/c1-8(7(10)11)4-2-6(12-8)3-5-9/h2H,3-4H2,1H3,(H,10,11). The van der Waals surface area contributed by atoms with Crippen LogP contribution in [-0.4, -0.2) is 16.7 Å². The molecule has 0 aliphatic carbocycles. The maximum absolute atomic E-state index is 10.6. The van der Waals surface area contributed by atoms with Crippen molar-refractivity contribution in [2.45, 2.75) is 25.4 Å². The molecule has 1 aliphatic heterocycles. The van der Waals surface area contributed by atoms with Crippen molar-refractivity contribution >= 4 is 5.97 Å². The van der Waals surface area contributed by atoms with Crippen LogP contribution in [0.3, 0.4) is 0 Å². The van der Waals surface area contributed by atoms with Gasteiger partial charge in [-0.3, -0.25) is 0 Å². The number of ether oxygens (including phenoxy) is 1. The van der Waals surface area contributed by atoms with E-state index >= 15 is 0 Å². The number of nitriles is 1. The molecule has 1 atom stereocenters. The van der Waals surface area contributed by atoms with Gasteiger partial charge >= 0.3 is 5.97 Å². The van der Waals surface area contributed by atoms with Crippen molar-refractivity contribution in [2.24, 2.45) is 0 Å². The van der Waals surface area contributed by atoms with Gasteiger partial charge in [0.25, 0.3) is 0 Å². The Morgan fingerprint density at radius 1 is 2.00 bits per heavy atom. The summed E-state index contributed by atoms with van der Waals surface area (Å²) in [5, 5.41) is 17.0. The lowest BCUT2D eigenvalue weighted by Gasteiger charge is -2.19. The Hall–Kier alpha value is -1.50. The van der Waals surface area contributed by atoms with E-state index in [4.69, 9.17) is 15.1 Å². The van der Waals surface area contributed by atoms with Crippen molar-refractivity contribution < 1.29 is 14.6 Å². The van der Waals surface area contributed by atoms with Gasteiger partial charge in [-0.05, 0) is 13.0 Å². The summed E-state index contributed by atoms with van der Waals surface area (Å²) in [5.74, 6) is -0.533. The molecule has 64 valence electrons. The minimum absolute atomic E-state index is 0.142. The molecule has 0 spiro atoms. The summed E-state index contributed by atoms with van der Waals surface area (Å²) >= 11 is 0. The van der Waals surface area contributed by atoms with Gasteiger partial charge in [-0.25, -0.2) is 4.79 Å². The predicted octanol–water partition coefficient (Wildman–Crippen LogP) is 1.05.